The minimum absolute atomic E-state index is 0.0354. The van der Waals surface area contributed by atoms with E-state index < -0.39 is 5.82 Å². The molecule has 4 atom stereocenters. The second kappa shape index (κ2) is 13.6. The molecule has 12 heteroatoms. The highest BCUT2D eigenvalue weighted by Gasteiger charge is 2.35. The minimum Gasteiger partial charge on any atom is -0.472 e. The fraction of sp³-hybridized carbons (Fsp3) is 0.368. The van der Waals surface area contributed by atoms with Crippen molar-refractivity contribution in [1.82, 2.24) is 29.5 Å². The summed E-state index contributed by atoms with van der Waals surface area (Å²) in [5.41, 5.74) is 1.27. The molecule has 1 amide bonds. The summed E-state index contributed by atoms with van der Waals surface area (Å²) in [7, 11) is 2.07. The third kappa shape index (κ3) is 5.65. The van der Waals surface area contributed by atoms with Gasteiger partial charge in [-0.15, -0.1) is 0 Å². The SMILES string of the molecule is CC#CC(=O)N1CC[C@H](n2ncc3c(O[C@@H](C)[C@@H]4CCCN4C)nc4c(F)c(-c5nccc6cccc(C#N)c56)c(Cl)cc4c32)C[C@H]1CC#N. The number of benzene rings is 2. The number of nitrogens with zero attached hydrogens (tertiary/aromatic N) is 8. The number of ether oxygens (including phenoxy) is 1. The summed E-state index contributed by atoms with van der Waals surface area (Å²) in [6.45, 7) is 4.96. The Kier molecular flexibility index (Phi) is 9.01. The van der Waals surface area contributed by atoms with Crippen molar-refractivity contribution in [2.75, 3.05) is 20.1 Å². The molecule has 5 aromatic rings. The lowest BCUT2D eigenvalue weighted by molar-refractivity contribution is -0.129. The van der Waals surface area contributed by atoms with Crippen LogP contribution in [0.25, 0.3) is 43.8 Å². The first kappa shape index (κ1) is 33.2. The van der Waals surface area contributed by atoms with Gasteiger partial charge in [-0.2, -0.15) is 15.6 Å². The van der Waals surface area contributed by atoms with E-state index >= 15 is 4.39 Å². The number of carbonyl (C=O) groups is 1. The Labute approximate surface area is 294 Å². The summed E-state index contributed by atoms with van der Waals surface area (Å²) in [5, 5.41) is 26.7. The van der Waals surface area contributed by atoms with Gasteiger partial charge in [0.25, 0.3) is 5.91 Å². The van der Waals surface area contributed by atoms with Crippen molar-refractivity contribution in [2.24, 2.45) is 0 Å². The molecule has 0 N–H and O–H groups in total. The Morgan fingerprint density at radius 2 is 2.04 bits per heavy atom. The predicted octanol–water partition coefficient (Wildman–Crippen LogP) is 6.79. The number of hydrogen-bond acceptors (Lipinski definition) is 8. The van der Waals surface area contributed by atoms with Gasteiger partial charge in [-0.05, 0) is 82.6 Å². The van der Waals surface area contributed by atoms with Crippen molar-refractivity contribution < 1.29 is 13.9 Å². The first-order chi connectivity index (χ1) is 24.2. The summed E-state index contributed by atoms with van der Waals surface area (Å²) >= 11 is 6.97. The lowest BCUT2D eigenvalue weighted by atomic mass is 9.94. The fourth-order valence-electron chi connectivity index (χ4n) is 7.72. The van der Waals surface area contributed by atoms with Crippen molar-refractivity contribution in [3.05, 3.63) is 59.1 Å². The van der Waals surface area contributed by atoms with Crippen molar-refractivity contribution in [3.8, 4) is 41.1 Å². The van der Waals surface area contributed by atoms with E-state index in [1.165, 1.54) is 0 Å². The first-order valence-electron chi connectivity index (χ1n) is 16.7. The number of aromatic nitrogens is 4. The number of hydrogen-bond donors (Lipinski definition) is 0. The molecule has 10 nitrogen and oxygen atoms in total. The van der Waals surface area contributed by atoms with Crippen LogP contribution in [-0.4, -0.2) is 73.8 Å². The zero-order valence-electron chi connectivity index (χ0n) is 28.0. The van der Waals surface area contributed by atoms with Gasteiger partial charge in [0.2, 0.25) is 5.88 Å². The van der Waals surface area contributed by atoms with Crippen LogP contribution in [0.15, 0.2) is 42.7 Å². The molecule has 50 heavy (non-hydrogen) atoms. The largest absolute Gasteiger partial charge is 0.472 e. The molecule has 0 spiro atoms. The summed E-state index contributed by atoms with van der Waals surface area (Å²) in [6.07, 6.45) is 6.17. The van der Waals surface area contributed by atoms with Gasteiger partial charge in [0.1, 0.15) is 11.6 Å². The number of likely N-dealkylation sites (N-methyl/N-ethyl adjacent to an activating group) is 1. The van der Waals surface area contributed by atoms with Gasteiger partial charge in [0.15, 0.2) is 5.82 Å². The van der Waals surface area contributed by atoms with Gasteiger partial charge in [-0.3, -0.25) is 19.4 Å². The molecular formula is C38H34ClFN8O2. The molecule has 0 aliphatic carbocycles. The van der Waals surface area contributed by atoms with E-state index in [-0.39, 0.29) is 64.2 Å². The zero-order valence-corrected chi connectivity index (χ0v) is 28.7. The molecule has 2 saturated heterocycles. The lowest BCUT2D eigenvalue weighted by Gasteiger charge is -2.37. The van der Waals surface area contributed by atoms with Crippen molar-refractivity contribution in [2.45, 2.75) is 70.2 Å². The van der Waals surface area contributed by atoms with E-state index in [0.29, 0.717) is 46.6 Å². The molecule has 7 rings (SSSR count). The normalized spacial score (nSPS) is 20.0. The molecule has 5 heterocycles. The van der Waals surface area contributed by atoms with Crippen LogP contribution in [0.1, 0.15) is 57.6 Å². The smallest absolute Gasteiger partial charge is 0.298 e. The molecule has 2 aromatic carbocycles. The fourth-order valence-corrected chi connectivity index (χ4v) is 8.01. The monoisotopic (exact) mass is 688 g/mol. The van der Waals surface area contributed by atoms with Crippen LogP contribution in [0.4, 0.5) is 4.39 Å². The third-order valence-electron chi connectivity index (χ3n) is 10.1. The van der Waals surface area contributed by atoms with Gasteiger partial charge >= 0.3 is 0 Å². The van der Waals surface area contributed by atoms with Gasteiger partial charge < -0.3 is 9.64 Å². The van der Waals surface area contributed by atoms with Crippen LogP contribution in [-0.2, 0) is 4.79 Å². The lowest BCUT2D eigenvalue weighted by Crippen LogP contribution is -2.46. The molecule has 252 valence electrons. The standard InChI is InChI=1S/C38H34ClFN8O2/c1-4-7-31(49)47-17-13-26(18-25(47)11-14-41)48-37-27-19-29(39)33(36-32-23(12-15-43-36)8-5-9-24(32)20-42)34(40)35(27)45-38(28(37)21-44-48)50-22(2)30-10-6-16-46(30)3/h5,8-9,12,15,19,21-22,25-26,30H,6,10-11,13,16-18H2,1-3H3/t22-,25+,26-,30-/m0/s1. The third-order valence-corrected chi connectivity index (χ3v) is 10.4. The Morgan fingerprint density at radius 1 is 1.20 bits per heavy atom. The predicted molar refractivity (Wildman–Crippen MR) is 189 cm³/mol. The van der Waals surface area contributed by atoms with E-state index in [1.54, 1.807) is 48.5 Å². The van der Waals surface area contributed by atoms with Crippen LogP contribution in [0.5, 0.6) is 5.88 Å². The van der Waals surface area contributed by atoms with Crippen LogP contribution in [0, 0.1) is 40.3 Å². The minimum atomic E-state index is -0.689. The van der Waals surface area contributed by atoms with Crippen molar-refractivity contribution in [1.29, 1.82) is 10.5 Å². The van der Waals surface area contributed by atoms with Gasteiger partial charge in [0.05, 0.1) is 63.5 Å². The molecule has 2 aliphatic rings. The first-order valence-corrected chi connectivity index (χ1v) is 17.1. The highest BCUT2D eigenvalue weighted by molar-refractivity contribution is 6.35. The van der Waals surface area contributed by atoms with Gasteiger partial charge in [-0.1, -0.05) is 29.7 Å². The molecule has 0 unspecified atom stereocenters. The van der Waals surface area contributed by atoms with Gasteiger partial charge in [-0.25, -0.2) is 9.37 Å². The maximum Gasteiger partial charge on any atom is 0.298 e. The Balaban J connectivity index is 1.43. The molecule has 0 bridgehead atoms. The van der Waals surface area contributed by atoms with Crippen LogP contribution >= 0.6 is 11.6 Å². The van der Waals surface area contributed by atoms with E-state index in [2.05, 4.69) is 40.9 Å². The van der Waals surface area contributed by atoms with Crippen LogP contribution < -0.4 is 4.74 Å². The molecule has 0 radical (unpaired) electrons. The second-order valence-electron chi connectivity index (χ2n) is 13.0. The van der Waals surface area contributed by atoms with Gasteiger partial charge in [0, 0.05) is 35.6 Å². The summed E-state index contributed by atoms with van der Waals surface area (Å²) in [4.78, 5) is 26.1. The number of piperidine rings is 1. The van der Waals surface area contributed by atoms with Crippen molar-refractivity contribution >= 4 is 50.1 Å². The Hall–Kier alpha value is -5.28. The number of nitriles is 2. The molecular weight excluding hydrogens is 655 g/mol. The summed E-state index contributed by atoms with van der Waals surface area (Å²) in [6, 6.07) is 12.7. The number of carbonyl (C=O) groups excluding carboxylic acids is 1. The second-order valence-corrected chi connectivity index (χ2v) is 13.4. The number of halogens is 2. The summed E-state index contributed by atoms with van der Waals surface area (Å²) < 4.78 is 25.6. The number of fused-ring (bicyclic) bond motifs is 4. The average molecular weight is 689 g/mol. The summed E-state index contributed by atoms with van der Waals surface area (Å²) in [5.74, 6) is 4.52. The van der Waals surface area contributed by atoms with E-state index in [1.807, 2.05) is 17.7 Å². The van der Waals surface area contributed by atoms with E-state index in [4.69, 9.17) is 26.4 Å². The Morgan fingerprint density at radius 3 is 2.78 bits per heavy atom. The number of amides is 1. The average Bonchev–Trinajstić information content (AvgIpc) is 3.76. The molecule has 2 aliphatic heterocycles. The van der Waals surface area contributed by atoms with Crippen LogP contribution in [0.2, 0.25) is 5.02 Å². The number of rotatable bonds is 6. The highest BCUT2D eigenvalue weighted by atomic mass is 35.5. The topological polar surface area (TPSA) is 124 Å². The van der Waals surface area contributed by atoms with E-state index in [9.17, 15) is 15.3 Å². The molecule has 3 aromatic heterocycles. The number of likely N-dealkylation sites (tertiary alicyclic amines) is 2. The highest BCUT2D eigenvalue weighted by Crippen LogP contribution is 2.43. The zero-order chi connectivity index (χ0) is 35.1. The molecule has 0 saturated carbocycles. The maximum absolute atomic E-state index is 17.2. The van der Waals surface area contributed by atoms with Crippen LogP contribution in [0.3, 0.4) is 0 Å². The number of pyridine rings is 2. The van der Waals surface area contributed by atoms with E-state index in [0.717, 1.165) is 24.8 Å². The molecule has 2 fully saturated rings. The maximum atomic E-state index is 17.2. The van der Waals surface area contributed by atoms with Crippen molar-refractivity contribution in [3.63, 3.8) is 0 Å². The Bertz CT molecular complexity index is 2310. The quantitative estimate of drug-likeness (QED) is 0.179.